The SMILES string of the molecule is CC(C)N(C(=O)[C@@H]1CCCN(C2CCN(C(=O)c3c4ccccc4cc4ccccc34)CC2)C1)C(C)C. The predicted octanol–water partition coefficient (Wildman–Crippen LogP) is 5.96. The largest absolute Gasteiger partial charge is 0.338 e. The van der Waals surface area contributed by atoms with E-state index in [1.807, 2.05) is 24.3 Å². The molecule has 0 spiro atoms. The van der Waals surface area contributed by atoms with Gasteiger partial charge in [0.2, 0.25) is 5.91 Å². The van der Waals surface area contributed by atoms with Crippen LogP contribution in [0.5, 0.6) is 0 Å². The van der Waals surface area contributed by atoms with E-state index in [2.05, 4.69) is 72.7 Å². The van der Waals surface area contributed by atoms with Crippen molar-refractivity contribution < 1.29 is 9.59 Å². The summed E-state index contributed by atoms with van der Waals surface area (Å²) in [6, 6.07) is 19.5. The molecule has 2 fully saturated rings. The van der Waals surface area contributed by atoms with Crippen molar-refractivity contribution in [2.75, 3.05) is 26.2 Å². The van der Waals surface area contributed by atoms with Gasteiger partial charge in [0.1, 0.15) is 0 Å². The van der Waals surface area contributed by atoms with Crippen molar-refractivity contribution in [3.8, 4) is 0 Å². The zero-order valence-corrected chi connectivity index (χ0v) is 22.8. The molecule has 2 aliphatic rings. The first-order valence-corrected chi connectivity index (χ1v) is 14.1. The highest BCUT2D eigenvalue weighted by Crippen LogP contribution is 2.31. The first-order valence-electron chi connectivity index (χ1n) is 14.1. The minimum absolute atomic E-state index is 0.0836. The van der Waals surface area contributed by atoms with E-state index in [0.717, 1.165) is 79.0 Å². The summed E-state index contributed by atoms with van der Waals surface area (Å²) in [5.41, 5.74) is 0.832. The molecule has 0 aliphatic carbocycles. The number of nitrogens with zero attached hydrogens (tertiary/aromatic N) is 3. The highest BCUT2D eigenvalue weighted by atomic mass is 16.2. The molecule has 0 N–H and O–H groups in total. The molecule has 0 aromatic heterocycles. The van der Waals surface area contributed by atoms with Gasteiger partial charge in [0.05, 0.1) is 11.5 Å². The number of benzene rings is 3. The fraction of sp³-hybridized carbons (Fsp3) is 0.500. The van der Waals surface area contributed by atoms with E-state index < -0.39 is 0 Å². The maximum atomic E-state index is 13.9. The van der Waals surface area contributed by atoms with Crippen molar-refractivity contribution in [2.24, 2.45) is 5.92 Å². The summed E-state index contributed by atoms with van der Waals surface area (Å²) >= 11 is 0. The fourth-order valence-corrected chi connectivity index (χ4v) is 6.69. The smallest absolute Gasteiger partial charge is 0.255 e. The van der Waals surface area contributed by atoms with E-state index in [0.29, 0.717) is 11.9 Å². The van der Waals surface area contributed by atoms with E-state index >= 15 is 0 Å². The third-order valence-corrected chi connectivity index (χ3v) is 8.42. The lowest BCUT2D eigenvalue weighted by atomic mass is 9.91. The van der Waals surface area contributed by atoms with Crippen molar-refractivity contribution in [3.05, 3.63) is 60.2 Å². The molecule has 2 amide bonds. The van der Waals surface area contributed by atoms with Crippen LogP contribution in [0.2, 0.25) is 0 Å². The Labute approximate surface area is 221 Å². The number of carbonyl (C=O) groups is 2. The minimum Gasteiger partial charge on any atom is -0.338 e. The summed E-state index contributed by atoms with van der Waals surface area (Å²) in [5.74, 6) is 0.535. The molecule has 3 aromatic rings. The molecular formula is C32H41N3O2. The highest BCUT2D eigenvalue weighted by molar-refractivity contribution is 6.18. The molecule has 2 saturated heterocycles. The maximum Gasteiger partial charge on any atom is 0.255 e. The van der Waals surface area contributed by atoms with Crippen LogP contribution in [-0.4, -0.2) is 70.8 Å². The van der Waals surface area contributed by atoms with E-state index in [4.69, 9.17) is 0 Å². The van der Waals surface area contributed by atoms with Crippen molar-refractivity contribution >= 4 is 33.4 Å². The summed E-state index contributed by atoms with van der Waals surface area (Å²) in [4.78, 5) is 33.9. The van der Waals surface area contributed by atoms with Crippen LogP contribution in [0.3, 0.4) is 0 Å². The van der Waals surface area contributed by atoms with Crippen molar-refractivity contribution in [1.29, 1.82) is 0 Å². The van der Waals surface area contributed by atoms with Gasteiger partial charge in [0.15, 0.2) is 0 Å². The maximum absolute atomic E-state index is 13.9. The van der Waals surface area contributed by atoms with Gasteiger partial charge in [0.25, 0.3) is 5.91 Å². The molecule has 3 aromatic carbocycles. The van der Waals surface area contributed by atoms with Crippen LogP contribution in [-0.2, 0) is 4.79 Å². The number of fused-ring (bicyclic) bond motifs is 2. The summed E-state index contributed by atoms with van der Waals surface area (Å²) in [6.45, 7) is 11.9. The molecule has 0 bridgehead atoms. The lowest BCUT2D eigenvalue weighted by Crippen LogP contribution is -2.53. The summed E-state index contributed by atoms with van der Waals surface area (Å²) in [7, 11) is 0. The standard InChI is InChI=1S/C32H41N3O2/c1-22(2)35(23(3)4)31(36)26-12-9-17-34(21-26)27-15-18-33(19-16-27)32(37)30-28-13-7-5-10-24(28)20-25-11-6-8-14-29(25)30/h5-8,10-11,13-14,20,22-23,26-27H,9,12,15-19,21H2,1-4H3/t26-/m1/s1. The molecule has 0 unspecified atom stereocenters. The summed E-state index contributed by atoms with van der Waals surface area (Å²) < 4.78 is 0. The number of likely N-dealkylation sites (tertiary alicyclic amines) is 2. The van der Waals surface area contributed by atoms with Gasteiger partial charge in [-0.3, -0.25) is 14.5 Å². The Morgan fingerprint density at radius 1 is 0.811 bits per heavy atom. The Kier molecular flexibility index (Phi) is 7.52. The molecule has 5 nitrogen and oxygen atoms in total. The van der Waals surface area contributed by atoms with Gasteiger partial charge < -0.3 is 9.80 Å². The quantitative estimate of drug-likeness (QED) is 0.407. The molecule has 0 radical (unpaired) electrons. The van der Waals surface area contributed by atoms with Gasteiger partial charge >= 0.3 is 0 Å². The topological polar surface area (TPSA) is 43.9 Å². The number of amides is 2. The summed E-state index contributed by atoms with van der Waals surface area (Å²) in [6.07, 6.45) is 3.99. The molecule has 0 saturated carbocycles. The average molecular weight is 500 g/mol. The van der Waals surface area contributed by atoms with E-state index in [1.54, 1.807) is 0 Å². The second-order valence-electron chi connectivity index (χ2n) is 11.5. The molecule has 196 valence electrons. The lowest BCUT2D eigenvalue weighted by molar-refractivity contribution is -0.141. The van der Waals surface area contributed by atoms with Gasteiger partial charge in [-0.25, -0.2) is 0 Å². The number of carbonyl (C=O) groups excluding carboxylic acids is 2. The Hall–Kier alpha value is -2.92. The first-order chi connectivity index (χ1) is 17.8. The zero-order chi connectivity index (χ0) is 26.1. The van der Waals surface area contributed by atoms with Crippen LogP contribution < -0.4 is 0 Å². The summed E-state index contributed by atoms with van der Waals surface area (Å²) in [5, 5.41) is 4.29. The third-order valence-electron chi connectivity index (χ3n) is 8.42. The molecular weight excluding hydrogens is 458 g/mol. The second kappa shape index (κ2) is 10.8. The van der Waals surface area contributed by atoms with Gasteiger partial charge in [-0.2, -0.15) is 0 Å². The third kappa shape index (κ3) is 5.11. The van der Waals surface area contributed by atoms with Crippen molar-refractivity contribution in [3.63, 3.8) is 0 Å². The molecule has 5 rings (SSSR count). The van der Waals surface area contributed by atoms with Gasteiger partial charge in [-0.15, -0.1) is 0 Å². The van der Waals surface area contributed by atoms with Gasteiger partial charge in [-0.05, 0) is 87.5 Å². The van der Waals surface area contributed by atoms with Crippen LogP contribution in [0, 0.1) is 5.92 Å². The predicted molar refractivity (Wildman–Crippen MR) is 152 cm³/mol. The molecule has 2 heterocycles. The molecule has 37 heavy (non-hydrogen) atoms. The second-order valence-corrected chi connectivity index (χ2v) is 11.5. The lowest BCUT2D eigenvalue weighted by Gasteiger charge is -2.43. The fourth-order valence-electron chi connectivity index (χ4n) is 6.69. The van der Waals surface area contributed by atoms with Crippen LogP contribution in [0.15, 0.2) is 54.6 Å². The number of rotatable bonds is 5. The van der Waals surface area contributed by atoms with Gasteiger partial charge in [-0.1, -0.05) is 48.5 Å². The Balaban J connectivity index is 1.29. The minimum atomic E-state index is 0.0836. The van der Waals surface area contributed by atoms with E-state index in [1.165, 1.54) is 0 Å². The number of hydrogen-bond acceptors (Lipinski definition) is 3. The number of hydrogen-bond donors (Lipinski definition) is 0. The Morgan fingerprint density at radius 3 is 1.95 bits per heavy atom. The molecule has 1 atom stereocenters. The monoisotopic (exact) mass is 499 g/mol. The average Bonchev–Trinajstić information content (AvgIpc) is 2.91. The highest BCUT2D eigenvalue weighted by Gasteiger charge is 2.35. The van der Waals surface area contributed by atoms with Crippen LogP contribution in [0.25, 0.3) is 21.5 Å². The Morgan fingerprint density at radius 2 is 1.38 bits per heavy atom. The molecule has 2 aliphatic heterocycles. The van der Waals surface area contributed by atoms with E-state index in [-0.39, 0.29) is 23.9 Å². The zero-order valence-electron chi connectivity index (χ0n) is 22.8. The van der Waals surface area contributed by atoms with E-state index in [9.17, 15) is 9.59 Å². The van der Waals surface area contributed by atoms with Crippen LogP contribution in [0.1, 0.15) is 63.7 Å². The van der Waals surface area contributed by atoms with Crippen molar-refractivity contribution in [2.45, 2.75) is 71.5 Å². The van der Waals surface area contributed by atoms with Gasteiger partial charge in [0, 0.05) is 37.8 Å². The van der Waals surface area contributed by atoms with Crippen LogP contribution >= 0.6 is 0 Å². The normalized spacial score (nSPS) is 19.7. The molecule has 5 heteroatoms. The number of piperidine rings is 2. The Bertz CT molecular complexity index is 1210. The van der Waals surface area contributed by atoms with Crippen molar-refractivity contribution in [1.82, 2.24) is 14.7 Å². The first kappa shape index (κ1) is 25.7. The van der Waals surface area contributed by atoms with Crippen LogP contribution in [0.4, 0.5) is 0 Å².